The van der Waals surface area contributed by atoms with Gasteiger partial charge >= 0.3 is 5.97 Å². The van der Waals surface area contributed by atoms with E-state index in [1.54, 1.807) is 37.4 Å². The number of aliphatic carboxylic acids is 1. The second-order valence-corrected chi connectivity index (χ2v) is 14.5. The van der Waals surface area contributed by atoms with Gasteiger partial charge in [-0.3, -0.25) is 4.79 Å². The minimum atomic E-state index is -0.919. The zero-order chi connectivity index (χ0) is 38.3. The summed E-state index contributed by atoms with van der Waals surface area (Å²) in [7, 11) is 1.56. The van der Waals surface area contributed by atoms with E-state index in [4.69, 9.17) is 20.6 Å². The topological polar surface area (TPSA) is 154 Å². The van der Waals surface area contributed by atoms with E-state index >= 15 is 4.39 Å². The van der Waals surface area contributed by atoms with Crippen LogP contribution in [-0.2, 0) is 21.6 Å². The number of anilines is 2. The van der Waals surface area contributed by atoms with Gasteiger partial charge in [0.05, 0.1) is 44.7 Å². The van der Waals surface area contributed by atoms with Crippen LogP contribution < -0.4 is 26.4 Å². The van der Waals surface area contributed by atoms with E-state index in [-0.39, 0.29) is 24.2 Å². The number of hydrogen-bond acceptors (Lipinski definition) is 12. The minimum Gasteiger partial charge on any atom is -0.481 e. The minimum absolute atomic E-state index is 0.0384. The van der Waals surface area contributed by atoms with Crippen molar-refractivity contribution in [3.05, 3.63) is 95.8 Å². The molecule has 3 atom stereocenters. The summed E-state index contributed by atoms with van der Waals surface area (Å²) in [6.45, 7) is 4.48. The Labute approximate surface area is 320 Å². The third-order valence-corrected chi connectivity index (χ3v) is 10.8. The number of unbranched alkanes of at least 4 members (excludes halogenated alkanes) is 5. The number of carboxylic acids is 1. The number of amidine groups is 1. The van der Waals surface area contributed by atoms with Crippen molar-refractivity contribution in [2.75, 3.05) is 48.8 Å². The number of thioether (sulfide) groups is 1. The zero-order valence-electron chi connectivity index (χ0n) is 31.0. The van der Waals surface area contributed by atoms with Crippen molar-refractivity contribution in [1.29, 1.82) is 0 Å². The molecule has 0 aliphatic carbocycles. The van der Waals surface area contributed by atoms with Gasteiger partial charge in [-0.05, 0) is 30.2 Å². The first-order valence-electron chi connectivity index (χ1n) is 18.5. The second-order valence-electron chi connectivity index (χ2n) is 13.5. The van der Waals surface area contributed by atoms with Crippen LogP contribution in [0, 0.1) is 23.5 Å². The van der Waals surface area contributed by atoms with Crippen molar-refractivity contribution in [3.63, 3.8) is 0 Å². The van der Waals surface area contributed by atoms with Crippen molar-refractivity contribution in [3.8, 4) is 0 Å². The van der Waals surface area contributed by atoms with Gasteiger partial charge in [-0.1, -0.05) is 87.5 Å². The number of halogens is 2. The summed E-state index contributed by atoms with van der Waals surface area (Å²) in [5, 5.41) is 9.41. The molecule has 0 spiro atoms. The normalized spacial score (nSPS) is 19.6. The molecule has 290 valence electrons. The number of nitrogens with zero attached hydrogens (tertiary/aromatic N) is 6. The number of rotatable bonds is 16. The van der Waals surface area contributed by atoms with Crippen molar-refractivity contribution in [1.82, 2.24) is 20.8 Å². The molecule has 0 bridgehead atoms. The maximum Gasteiger partial charge on any atom is 0.307 e. The SMILES string of the molecule is CCCCCCCCC(CN)C(=O)O.COC1=CN(c2ccc(F)c([C@]34CN(c5ncc(F)cn5)C[C@H]3CSC(NNCc3ccccc3)=N4)c2)CC=N1. The van der Waals surface area contributed by atoms with Crippen molar-refractivity contribution < 1.29 is 23.4 Å². The molecule has 0 radical (unpaired) electrons. The summed E-state index contributed by atoms with van der Waals surface area (Å²) >= 11 is 1.58. The van der Waals surface area contributed by atoms with Crippen LogP contribution in [0.15, 0.2) is 83.0 Å². The zero-order valence-corrected chi connectivity index (χ0v) is 31.8. The van der Waals surface area contributed by atoms with E-state index in [1.807, 2.05) is 46.2 Å². The Hall–Kier alpha value is -4.60. The molecule has 15 heteroatoms. The van der Waals surface area contributed by atoms with Crippen molar-refractivity contribution in [2.45, 2.75) is 64.0 Å². The molecule has 4 heterocycles. The van der Waals surface area contributed by atoms with Gasteiger partial charge in [0.2, 0.25) is 11.8 Å². The summed E-state index contributed by atoms with van der Waals surface area (Å²) in [4.78, 5) is 32.3. The lowest BCUT2D eigenvalue weighted by Crippen LogP contribution is -2.45. The van der Waals surface area contributed by atoms with Gasteiger partial charge in [-0.25, -0.2) is 34.2 Å². The summed E-state index contributed by atoms with van der Waals surface area (Å²) in [6, 6.07) is 15.1. The maximum atomic E-state index is 15.8. The summed E-state index contributed by atoms with van der Waals surface area (Å²) in [5.41, 5.74) is 13.3. The van der Waals surface area contributed by atoms with Crippen LogP contribution in [0.4, 0.5) is 20.4 Å². The quantitative estimate of drug-likeness (QED) is 0.0973. The highest BCUT2D eigenvalue weighted by Crippen LogP contribution is 2.48. The summed E-state index contributed by atoms with van der Waals surface area (Å²) in [6.07, 6.45) is 13.8. The Morgan fingerprint density at radius 2 is 1.87 bits per heavy atom. The molecule has 1 aromatic heterocycles. The van der Waals surface area contributed by atoms with Crippen LogP contribution in [-0.4, -0.2) is 71.5 Å². The van der Waals surface area contributed by atoms with Crippen LogP contribution in [0.3, 0.4) is 0 Å². The molecule has 3 aliphatic rings. The maximum absolute atomic E-state index is 15.8. The largest absolute Gasteiger partial charge is 0.481 e. The summed E-state index contributed by atoms with van der Waals surface area (Å²) < 4.78 is 34.6. The fourth-order valence-corrected chi connectivity index (χ4v) is 7.85. The molecule has 1 unspecified atom stereocenters. The van der Waals surface area contributed by atoms with Gasteiger partial charge in [-0.2, -0.15) is 0 Å². The van der Waals surface area contributed by atoms with Gasteiger partial charge in [0.25, 0.3) is 0 Å². The average Bonchev–Trinajstić information content (AvgIpc) is 3.58. The monoisotopic (exact) mass is 763 g/mol. The van der Waals surface area contributed by atoms with Gasteiger partial charge in [0, 0.05) is 48.8 Å². The first-order valence-corrected chi connectivity index (χ1v) is 19.5. The Balaban J connectivity index is 0.000000342. The fourth-order valence-electron chi connectivity index (χ4n) is 6.74. The Bertz CT molecular complexity index is 1750. The Kier molecular flexibility index (Phi) is 15.2. The highest BCUT2D eigenvalue weighted by Gasteiger charge is 2.52. The van der Waals surface area contributed by atoms with Crippen molar-refractivity contribution >= 4 is 40.7 Å². The van der Waals surface area contributed by atoms with Crippen molar-refractivity contribution in [2.24, 2.45) is 27.6 Å². The molecule has 12 nitrogen and oxygen atoms in total. The second kappa shape index (κ2) is 20.2. The third kappa shape index (κ3) is 10.8. The van der Waals surface area contributed by atoms with Gasteiger partial charge < -0.3 is 30.8 Å². The first-order chi connectivity index (χ1) is 26.3. The first kappa shape index (κ1) is 40.6. The van der Waals surface area contributed by atoms with Crippen LogP contribution in [0.5, 0.6) is 0 Å². The van der Waals surface area contributed by atoms with E-state index < -0.39 is 17.3 Å². The lowest BCUT2D eigenvalue weighted by Gasteiger charge is -2.36. The van der Waals surface area contributed by atoms with Crippen LogP contribution in [0.1, 0.15) is 63.0 Å². The number of methoxy groups -OCH3 is 1. The van der Waals surface area contributed by atoms with E-state index in [0.717, 1.165) is 42.9 Å². The molecule has 3 aliphatic heterocycles. The molecule has 1 saturated heterocycles. The Morgan fingerprint density at radius 3 is 2.59 bits per heavy atom. The van der Waals surface area contributed by atoms with Crippen LogP contribution in [0.25, 0.3) is 0 Å². The molecule has 2 aromatic carbocycles. The Morgan fingerprint density at radius 1 is 1.11 bits per heavy atom. The number of aromatic nitrogens is 2. The van der Waals surface area contributed by atoms with E-state index in [2.05, 4.69) is 32.7 Å². The predicted molar refractivity (Wildman–Crippen MR) is 211 cm³/mol. The average molecular weight is 764 g/mol. The van der Waals surface area contributed by atoms with E-state index in [1.165, 1.54) is 31.7 Å². The highest BCUT2D eigenvalue weighted by molar-refractivity contribution is 8.13. The van der Waals surface area contributed by atoms with E-state index in [9.17, 15) is 9.18 Å². The molecule has 6 rings (SSSR count). The predicted octanol–water partition coefficient (Wildman–Crippen LogP) is 6.22. The smallest absolute Gasteiger partial charge is 0.307 e. The number of ether oxygens (including phenoxy) is 1. The van der Waals surface area contributed by atoms with Crippen LogP contribution >= 0.6 is 11.8 Å². The van der Waals surface area contributed by atoms with Gasteiger partial charge in [0.15, 0.2) is 11.0 Å². The van der Waals surface area contributed by atoms with Crippen LogP contribution in [0.2, 0.25) is 0 Å². The standard InChI is InChI=1S/C28H28F2N8OS.C11H23NO2/c1-39-25-16-37(10-9-31-25)22-7-8-24(30)23(11-22)28-18-38(26-32-13-21(29)14-33-26)15-20(28)17-40-27(35-28)36-34-12-19-5-3-2-4-6-19;1-2-3-4-5-6-7-8-10(9-12)11(13)14/h2-9,11,13-14,16,20,34H,10,12,15,17-18H2,1H3,(H,35,36);10H,2-9,12H2,1H3,(H,13,14)/t20-,28-;/m0./s1. The number of hydrazine groups is 1. The fraction of sp³-hybridized carbons (Fsp3) is 0.462. The lowest BCUT2D eigenvalue weighted by atomic mass is 9.81. The molecular weight excluding hydrogens is 713 g/mol. The summed E-state index contributed by atoms with van der Waals surface area (Å²) in [5.74, 6) is -0.410. The molecule has 0 saturated carbocycles. The number of nitrogens with two attached hydrogens (primary N) is 1. The number of hydrogen-bond donors (Lipinski definition) is 4. The third-order valence-electron chi connectivity index (χ3n) is 9.75. The lowest BCUT2D eigenvalue weighted by molar-refractivity contribution is -0.141. The van der Waals surface area contributed by atoms with Gasteiger partial charge in [-0.15, -0.1) is 0 Å². The molecule has 5 N–H and O–H groups in total. The number of fused-ring (bicyclic) bond motifs is 1. The number of carboxylic acid groups (broad SMARTS) is 1. The van der Waals surface area contributed by atoms with E-state index in [0.29, 0.717) is 54.5 Å². The highest BCUT2D eigenvalue weighted by atomic mass is 32.2. The molecule has 54 heavy (non-hydrogen) atoms. The van der Waals surface area contributed by atoms with Gasteiger partial charge in [0.1, 0.15) is 11.4 Å². The number of aliphatic imine (C=N–C) groups is 2. The number of nitrogens with one attached hydrogen (secondary N) is 2. The molecular formula is C39H51F2N9O3S. The number of carbonyl (C=O) groups is 1. The molecule has 3 aromatic rings. The molecule has 0 amide bonds. The molecule has 1 fully saturated rings. The number of benzene rings is 2.